The zero-order chi connectivity index (χ0) is 18.8. The smallest absolute Gasteiger partial charge is 0.261 e. The number of rotatable bonds is 5. The Morgan fingerprint density at radius 2 is 1.23 bits per heavy atom. The Kier molecular flexibility index (Phi) is 5.04. The molecular formula is C18H14ClNO4S2. The molecule has 0 saturated heterocycles. The van der Waals surface area contributed by atoms with Crippen molar-refractivity contribution in [1.29, 1.82) is 0 Å². The number of benzene rings is 3. The molecule has 3 rings (SSSR count). The minimum absolute atomic E-state index is 0.0947. The topological polar surface area (TPSA) is 80.3 Å². The van der Waals surface area contributed by atoms with E-state index in [4.69, 9.17) is 11.6 Å². The van der Waals surface area contributed by atoms with Crippen molar-refractivity contribution in [2.45, 2.75) is 14.7 Å². The third-order valence-corrected chi connectivity index (χ3v) is 6.97. The fourth-order valence-corrected chi connectivity index (χ4v) is 4.91. The summed E-state index contributed by atoms with van der Waals surface area (Å²) >= 11 is 5.79. The average Bonchev–Trinajstić information content (AvgIpc) is 2.64. The van der Waals surface area contributed by atoms with E-state index in [1.807, 2.05) is 0 Å². The maximum atomic E-state index is 12.7. The fraction of sp³-hybridized carbons (Fsp3) is 0. The maximum Gasteiger partial charge on any atom is 0.261 e. The molecule has 0 aromatic heterocycles. The van der Waals surface area contributed by atoms with Gasteiger partial charge in [0.15, 0.2) is 0 Å². The molecule has 134 valence electrons. The van der Waals surface area contributed by atoms with E-state index in [-0.39, 0.29) is 14.7 Å². The molecule has 0 saturated carbocycles. The monoisotopic (exact) mass is 407 g/mol. The lowest BCUT2D eigenvalue weighted by Gasteiger charge is -2.10. The number of halogens is 1. The predicted octanol–water partition coefficient (Wildman–Crippen LogP) is 3.97. The third-order valence-electron chi connectivity index (χ3n) is 3.58. The molecule has 0 fully saturated rings. The van der Waals surface area contributed by atoms with Gasteiger partial charge in [-0.3, -0.25) is 4.72 Å². The molecule has 26 heavy (non-hydrogen) atoms. The first-order valence-corrected chi connectivity index (χ1v) is 10.8. The van der Waals surface area contributed by atoms with Gasteiger partial charge in [0.25, 0.3) is 10.0 Å². The van der Waals surface area contributed by atoms with Gasteiger partial charge in [-0.2, -0.15) is 0 Å². The van der Waals surface area contributed by atoms with Crippen molar-refractivity contribution in [1.82, 2.24) is 0 Å². The van der Waals surface area contributed by atoms with E-state index >= 15 is 0 Å². The van der Waals surface area contributed by atoms with Crippen LogP contribution in [0.5, 0.6) is 0 Å². The molecule has 3 aromatic rings. The summed E-state index contributed by atoms with van der Waals surface area (Å²) in [6, 6.07) is 19.2. The van der Waals surface area contributed by atoms with Gasteiger partial charge in [-0.25, -0.2) is 16.8 Å². The van der Waals surface area contributed by atoms with E-state index in [9.17, 15) is 16.8 Å². The number of sulfonamides is 1. The SMILES string of the molecule is O=S(=O)(Nc1ccc(Cl)cc1)c1cccc(S(=O)(=O)c2ccccc2)c1. The Labute approximate surface area is 157 Å². The second kappa shape index (κ2) is 7.11. The minimum Gasteiger partial charge on any atom is -0.280 e. The van der Waals surface area contributed by atoms with E-state index in [0.29, 0.717) is 10.7 Å². The van der Waals surface area contributed by atoms with Crippen molar-refractivity contribution in [2.24, 2.45) is 0 Å². The highest BCUT2D eigenvalue weighted by Gasteiger charge is 2.21. The van der Waals surface area contributed by atoms with Crippen molar-refractivity contribution < 1.29 is 16.8 Å². The second-order valence-electron chi connectivity index (χ2n) is 5.40. The van der Waals surface area contributed by atoms with Crippen molar-refractivity contribution >= 4 is 37.1 Å². The number of sulfone groups is 1. The van der Waals surface area contributed by atoms with Gasteiger partial charge >= 0.3 is 0 Å². The number of anilines is 1. The molecule has 0 aliphatic heterocycles. The van der Waals surface area contributed by atoms with Crippen molar-refractivity contribution in [3.05, 3.63) is 83.9 Å². The van der Waals surface area contributed by atoms with Gasteiger partial charge in [0, 0.05) is 10.7 Å². The Bertz CT molecular complexity index is 1130. The Hall–Kier alpha value is -2.35. The van der Waals surface area contributed by atoms with Crippen LogP contribution < -0.4 is 4.72 Å². The van der Waals surface area contributed by atoms with Crippen LogP contribution in [0.3, 0.4) is 0 Å². The van der Waals surface area contributed by atoms with E-state index in [2.05, 4.69) is 4.72 Å². The third kappa shape index (κ3) is 3.90. The second-order valence-corrected chi connectivity index (χ2v) is 9.47. The molecule has 3 aromatic carbocycles. The summed E-state index contributed by atoms with van der Waals surface area (Å²) in [6.07, 6.45) is 0. The van der Waals surface area contributed by atoms with E-state index < -0.39 is 19.9 Å². The normalized spacial score (nSPS) is 11.9. The Balaban J connectivity index is 1.97. The van der Waals surface area contributed by atoms with E-state index in [1.54, 1.807) is 30.3 Å². The molecule has 0 radical (unpaired) electrons. The molecule has 0 amide bonds. The van der Waals surface area contributed by atoms with Gasteiger partial charge in [0.2, 0.25) is 9.84 Å². The van der Waals surface area contributed by atoms with Crippen LogP contribution in [0, 0.1) is 0 Å². The lowest BCUT2D eigenvalue weighted by atomic mass is 10.3. The highest BCUT2D eigenvalue weighted by atomic mass is 35.5. The lowest BCUT2D eigenvalue weighted by Crippen LogP contribution is -2.13. The zero-order valence-electron chi connectivity index (χ0n) is 13.3. The molecule has 0 heterocycles. The first-order chi connectivity index (χ1) is 12.3. The van der Waals surface area contributed by atoms with Crippen LogP contribution >= 0.6 is 11.6 Å². The molecular weight excluding hydrogens is 394 g/mol. The largest absolute Gasteiger partial charge is 0.280 e. The van der Waals surface area contributed by atoms with Crippen LogP contribution in [-0.4, -0.2) is 16.8 Å². The van der Waals surface area contributed by atoms with Gasteiger partial charge in [0.1, 0.15) is 0 Å². The number of nitrogens with one attached hydrogen (secondary N) is 1. The van der Waals surface area contributed by atoms with Gasteiger partial charge in [-0.1, -0.05) is 35.9 Å². The maximum absolute atomic E-state index is 12.7. The molecule has 8 heteroatoms. The van der Waals surface area contributed by atoms with Crippen LogP contribution in [0.2, 0.25) is 5.02 Å². The van der Waals surface area contributed by atoms with Crippen LogP contribution in [0.1, 0.15) is 0 Å². The predicted molar refractivity (Wildman–Crippen MR) is 101 cm³/mol. The van der Waals surface area contributed by atoms with Crippen LogP contribution in [0.15, 0.2) is 93.5 Å². The lowest BCUT2D eigenvalue weighted by molar-refractivity contribution is 0.595. The summed E-state index contributed by atoms with van der Waals surface area (Å²) in [7, 11) is -7.76. The van der Waals surface area contributed by atoms with Gasteiger partial charge in [-0.15, -0.1) is 0 Å². The summed E-state index contributed by atoms with van der Waals surface area (Å²) in [5.41, 5.74) is 0.325. The van der Waals surface area contributed by atoms with Crippen molar-refractivity contribution in [3.63, 3.8) is 0 Å². The number of hydrogen-bond donors (Lipinski definition) is 1. The summed E-state index contributed by atoms with van der Waals surface area (Å²) < 4.78 is 52.9. The van der Waals surface area contributed by atoms with Crippen LogP contribution in [0.4, 0.5) is 5.69 Å². The van der Waals surface area contributed by atoms with Crippen molar-refractivity contribution in [2.75, 3.05) is 4.72 Å². The van der Waals surface area contributed by atoms with Gasteiger partial charge in [-0.05, 0) is 54.6 Å². The molecule has 1 N–H and O–H groups in total. The summed E-state index contributed by atoms with van der Waals surface area (Å²) in [5.74, 6) is 0. The highest BCUT2D eigenvalue weighted by molar-refractivity contribution is 7.93. The van der Waals surface area contributed by atoms with Gasteiger partial charge in [0.05, 0.1) is 14.7 Å². The molecule has 0 unspecified atom stereocenters. The summed E-state index contributed by atoms with van der Waals surface area (Å²) in [4.78, 5) is -0.146. The van der Waals surface area contributed by atoms with Gasteiger partial charge < -0.3 is 0 Å². The van der Waals surface area contributed by atoms with E-state index in [0.717, 1.165) is 6.07 Å². The van der Waals surface area contributed by atoms with Crippen LogP contribution in [-0.2, 0) is 19.9 Å². The average molecular weight is 408 g/mol. The zero-order valence-corrected chi connectivity index (χ0v) is 15.7. The standard InChI is InChI=1S/C18H14ClNO4S2/c19-14-9-11-15(12-10-14)20-26(23,24)18-8-4-7-17(13-18)25(21,22)16-5-2-1-3-6-16/h1-13,20H. The first-order valence-electron chi connectivity index (χ1n) is 7.48. The quantitative estimate of drug-likeness (QED) is 0.693. The molecule has 5 nitrogen and oxygen atoms in total. The number of hydrogen-bond acceptors (Lipinski definition) is 4. The Morgan fingerprint density at radius 1 is 0.654 bits per heavy atom. The first kappa shape index (κ1) is 18.4. The molecule has 0 spiro atoms. The Morgan fingerprint density at radius 3 is 1.88 bits per heavy atom. The molecule has 0 aliphatic carbocycles. The molecule has 0 aliphatic rings. The summed E-state index contributed by atoms with van der Waals surface area (Å²) in [5, 5.41) is 0.476. The van der Waals surface area contributed by atoms with Crippen LogP contribution in [0.25, 0.3) is 0 Å². The van der Waals surface area contributed by atoms with Crippen molar-refractivity contribution in [3.8, 4) is 0 Å². The molecule has 0 atom stereocenters. The summed E-state index contributed by atoms with van der Waals surface area (Å²) in [6.45, 7) is 0. The molecule has 0 bridgehead atoms. The fourth-order valence-electron chi connectivity index (χ4n) is 2.28. The minimum atomic E-state index is -3.95. The highest BCUT2D eigenvalue weighted by Crippen LogP contribution is 2.24. The van der Waals surface area contributed by atoms with E-state index in [1.165, 1.54) is 42.5 Å².